The van der Waals surface area contributed by atoms with E-state index >= 15 is 0 Å². The van der Waals surface area contributed by atoms with Crippen molar-refractivity contribution in [2.24, 2.45) is 34.5 Å². The summed E-state index contributed by atoms with van der Waals surface area (Å²) in [6.45, 7) is 7.11. The Bertz CT molecular complexity index is 1550. The van der Waals surface area contributed by atoms with Gasteiger partial charge in [0.15, 0.2) is 5.60 Å². The van der Waals surface area contributed by atoms with Gasteiger partial charge in [0, 0.05) is 57.5 Å². The molecule has 258 valence electrons. The largest absolute Gasteiger partial charge is 0.489 e. The fourth-order valence-corrected chi connectivity index (χ4v) is 13.2. The van der Waals surface area contributed by atoms with Gasteiger partial charge in [-0.1, -0.05) is 44.2 Å². The third-order valence-corrected chi connectivity index (χ3v) is 14.4. The zero-order chi connectivity index (χ0) is 33.1. The monoisotopic (exact) mass is 659 g/mol. The minimum absolute atomic E-state index is 0.00148. The van der Waals surface area contributed by atoms with Crippen LogP contribution in [0.5, 0.6) is 5.75 Å². The van der Waals surface area contributed by atoms with Crippen LogP contribution < -0.4 is 4.74 Å². The molecule has 0 unspecified atom stereocenters. The van der Waals surface area contributed by atoms with Crippen LogP contribution >= 0.6 is 0 Å². The number of ether oxygens (including phenoxy) is 7. The molecule has 9 rings (SSSR count). The highest BCUT2D eigenvalue weighted by Gasteiger charge is 2.94. The molecule has 7 aliphatic rings. The number of hydrogen-bond acceptors (Lipinski definition) is 9. The second-order valence-corrected chi connectivity index (χ2v) is 15.8. The zero-order valence-corrected chi connectivity index (χ0v) is 28.8. The Labute approximate surface area is 283 Å². The SMILES string of the molecule is CCN1C[C@]2(C)CC[C@H](OC)[C@]34[C@@H]5C[C@H]6[C@H](OC)[C@@H]5[C@@]5(C[C@@H]6OC)OCO[C@]5([C@H]13)[C@@H](OC(=O)c1ccc(OCc3ccccc3)cc1)[C@H]24. The van der Waals surface area contributed by atoms with Crippen LogP contribution in [0.15, 0.2) is 54.6 Å². The van der Waals surface area contributed by atoms with Crippen LogP contribution in [-0.2, 0) is 35.0 Å². The number of likely N-dealkylation sites (tertiary alicyclic amines) is 1. The van der Waals surface area contributed by atoms with E-state index in [-0.39, 0.29) is 71.6 Å². The van der Waals surface area contributed by atoms with Crippen molar-refractivity contribution in [2.75, 3.05) is 41.2 Å². The smallest absolute Gasteiger partial charge is 0.338 e. The van der Waals surface area contributed by atoms with Gasteiger partial charge in [-0.3, -0.25) is 4.90 Å². The summed E-state index contributed by atoms with van der Waals surface area (Å²) in [5, 5.41) is 0. The molecule has 7 bridgehead atoms. The molecule has 5 saturated carbocycles. The summed E-state index contributed by atoms with van der Waals surface area (Å²) in [4.78, 5) is 17.1. The molecule has 2 aliphatic heterocycles. The summed E-state index contributed by atoms with van der Waals surface area (Å²) in [6.07, 6.45) is 3.05. The van der Waals surface area contributed by atoms with E-state index in [1.807, 2.05) is 75.9 Å². The third-order valence-electron chi connectivity index (χ3n) is 14.4. The zero-order valence-electron chi connectivity index (χ0n) is 28.8. The van der Waals surface area contributed by atoms with E-state index in [1.54, 1.807) is 0 Å². The Balaban J connectivity index is 1.15. The van der Waals surface area contributed by atoms with Crippen LogP contribution in [0.25, 0.3) is 0 Å². The van der Waals surface area contributed by atoms with E-state index in [4.69, 9.17) is 33.2 Å². The second-order valence-electron chi connectivity index (χ2n) is 15.8. The highest BCUT2D eigenvalue weighted by Crippen LogP contribution is 2.82. The van der Waals surface area contributed by atoms with E-state index < -0.39 is 17.3 Å². The Morgan fingerprint density at radius 1 is 1.00 bits per heavy atom. The van der Waals surface area contributed by atoms with Crippen molar-refractivity contribution in [3.8, 4) is 5.75 Å². The van der Waals surface area contributed by atoms with Gasteiger partial charge in [0.1, 0.15) is 30.9 Å². The van der Waals surface area contributed by atoms with Gasteiger partial charge in [-0.05, 0) is 67.0 Å². The Hall–Kier alpha value is -2.53. The summed E-state index contributed by atoms with van der Waals surface area (Å²) in [7, 11) is 5.53. The number of likely N-dealkylation sites (N-methyl/N-ethyl adjacent to an activating group) is 1. The molecule has 0 amide bonds. The van der Waals surface area contributed by atoms with Crippen LogP contribution in [0.1, 0.15) is 55.5 Å². The molecule has 3 spiro atoms. The molecule has 0 aromatic heterocycles. The number of hydrogen-bond donors (Lipinski definition) is 0. The summed E-state index contributed by atoms with van der Waals surface area (Å²) in [5.41, 5.74) is -0.434. The van der Waals surface area contributed by atoms with Gasteiger partial charge in [-0.25, -0.2) is 4.79 Å². The molecule has 13 atom stereocenters. The number of carbonyl (C=O) groups is 1. The van der Waals surface area contributed by atoms with E-state index in [2.05, 4.69) is 18.7 Å². The minimum Gasteiger partial charge on any atom is -0.489 e. The van der Waals surface area contributed by atoms with Crippen LogP contribution in [0.3, 0.4) is 0 Å². The predicted molar refractivity (Wildman–Crippen MR) is 175 cm³/mol. The fraction of sp³-hybridized carbons (Fsp3) is 0.667. The molecular formula is C39H49NO8. The van der Waals surface area contributed by atoms with Crippen LogP contribution in [0.4, 0.5) is 0 Å². The van der Waals surface area contributed by atoms with Crippen molar-refractivity contribution in [1.29, 1.82) is 0 Å². The molecular weight excluding hydrogens is 610 g/mol. The Morgan fingerprint density at radius 3 is 2.50 bits per heavy atom. The first kappa shape index (κ1) is 31.5. The molecule has 9 nitrogen and oxygen atoms in total. The maximum absolute atomic E-state index is 14.4. The molecule has 48 heavy (non-hydrogen) atoms. The number of benzene rings is 2. The van der Waals surface area contributed by atoms with Crippen molar-refractivity contribution in [3.05, 3.63) is 65.7 Å². The molecule has 2 aromatic rings. The minimum atomic E-state index is -0.898. The number of fused-ring (bicyclic) bond motifs is 1. The van der Waals surface area contributed by atoms with Crippen LogP contribution in [-0.4, -0.2) is 93.7 Å². The average Bonchev–Trinajstić information content (AvgIpc) is 3.70. The maximum atomic E-state index is 14.4. The van der Waals surface area contributed by atoms with E-state index in [9.17, 15) is 4.79 Å². The van der Waals surface area contributed by atoms with Gasteiger partial charge >= 0.3 is 5.97 Å². The van der Waals surface area contributed by atoms with E-state index in [0.717, 1.165) is 37.9 Å². The molecule has 5 aliphatic carbocycles. The van der Waals surface area contributed by atoms with Crippen LogP contribution in [0, 0.1) is 34.5 Å². The van der Waals surface area contributed by atoms with Crippen molar-refractivity contribution >= 4 is 5.97 Å². The van der Waals surface area contributed by atoms with Gasteiger partial charge in [-0.2, -0.15) is 0 Å². The Morgan fingerprint density at radius 2 is 1.79 bits per heavy atom. The van der Waals surface area contributed by atoms with Crippen LogP contribution in [0.2, 0.25) is 0 Å². The Kier molecular flexibility index (Phi) is 7.20. The van der Waals surface area contributed by atoms with Crippen molar-refractivity contribution in [2.45, 2.75) is 87.8 Å². The lowest BCUT2D eigenvalue weighted by molar-refractivity contribution is -0.282. The normalized spacial score (nSPS) is 46.3. The van der Waals surface area contributed by atoms with Gasteiger partial charge in [-0.15, -0.1) is 0 Å². The standard InChI is InChI=1S/C39H49NO8/c1-6-40-21-36(2)17-16-29(43-4)38-27-18-26-28(42-3)19-37(30(27)31(26)44-5)39(35(38)40,47-22-46-37)33(32(36)38)48-34(41)24-12-14-25(15-13-24)45-20-23-10-8-7-9-11-23/h7-15,26-33,35H,6,16-22H2,1-5H3/t26-,27-,28+,29+,30-,31+,32-,33+,35-,36+,37-,38+,39+/m1/s1. The molecule has 2 saturated heterocycles. The lowest BCUT2D eigenvalue weighted by Gasteiger charge is -2.69. The lowest BCUT2D eigenvalue weighted by Crippen LogP contribution is -2.81. The maximum Gasteiger partial charge on any atom is 0.338 e. The van der Waals surface area contributed by atoms with Crippen molar-refractivity contribution in [1.82, 2.24) is 4.90 Å². The first-order valence-electron chi connectivity index (χ1n) is 17.9. The molecule has 7 fully saturated rings. The first-order chi connectivity index (χ1) is 23.3. The van der Waals surface area contributed by atoms with Gasteiger partial charge in [0.2, 0.25) is 0 Å². The van der Waals surface area contributed by atoms with E-state index in [0.29, 0.717) is 24.3 Å². The third kappa shape index (κ3) is 3.71. The van der Waals surface area contributed by atoms with Crippen molar-refractivity contribution in [3.63, 3.8) is 0 Å². The van der Waals surface area contributed by atoms with Gasteiger partial charge in [0.25, 0.3) is 0 Å². The molecule has 0 N–H and O–H groups in total. The van der Waals surface area contributed by atoms with Crippen molar-refractivity contribution < 1.29 is 38.0 Å². The highest BCUT2D eigenvalue weighted by atomic mass is 16.7. The predicted octanol–water partition coefficient (Wildman–Crippen LogP) is 5.11. The number of nitrogens with zero attached hydrogens (tertiary/aromatic N) is 1. The molecule has 2 heterocycles. The topological polar surface area (TPSA) is 84.9 Å². The van der Waals surface area contributed by atoms with Gasteiger partial charge in [0.05, 0.1) is 29.9 Å². The van der Waals surface area contributed by atoms with Gasteiger partial charge < -0.3 is 33.2 Å². The summed E-state index contributed by atoms with van der Waals surface area (Å²) in [6, 6.07) is 17.4. The summed E-state index contributed by atoms with van der Waals surface area (Å²) in [5.74, 6) is 1.01. The lowest BCUT2D eigenvalue weighted by atomic mass is 9.43. The number of esters is 1. The highest BCUT2D eigenvalue weighted by molar-refractivity contribution is 5.89. The summed E-state index contributed by atoms with van der Waals surface area (Å²) >= 11 is 0. The number of methoxy groups -OCH3 is 3. The summed E-state index contributed by atoms with van der Waals surface area (Å²) < 4.78 is 46.5. The number of rotatable bonds is 9. The molecule has 9 heteroatoms. The first-order valence-corrected chi connectivity index (χ1v) is 17.9. The molecule has 0 radical (unpaired) electrons. The second kappa shape index (κ2) is 11.0. The van der Waals surface area contributed by atoms with E-state index in [1.165, 1.54) is 0 Å². The fourth-order valence-electron chi connectivity index (χ4n) is 13.2. The number of carbonyl (C=O) groups excluding carboxylic acids is 1. The quantitative estimate of drug-likeness (QED) is 0.341. The number of piperidine rings is 1. The average molecular weight is 660 g/mol. The molecule has 2 aromatic carbocycles.